The first kappa shape index (κ1) is 15.0. The van der Waals surface area contributed by atoms with Gasteiger partial charge in [0.2, 0.25) is 5.91 Å². The Morgan fingerprint density at radius 1 is 1.38 bits per heavy atom. The van der Waals surface area contributed by atoms with Crippen molar-refractivity contribution >= 4 is 23.4 Å². The Hall–Kier alpha value is -2.37. The molecule has 1 aromatic carbocycles. The molecule has 21 heavy (non-hydrogen) atoms. The normalized spacial score (nSPS) is 18.0. The quantitative estimate of drug-likeness (QED) is 0.808. The average molecular weight is 289 g/mol. The molecule has 0 radical (unpaired) electrons. The maximum atomic E-state index is 11.9. The molecular weight excluding hydrogens is 270 g/mol. The second-order valence-electron chi connectivity index (χ2n) is 5.08. The van der Waals surface area contributed by atoms with Gasteiger partial charge in [-0.2, -0.15) is 0 Å². The van der Waals surface area contributed by atoms with E-state index in [0.29, 0.717) is 12.1 Å². The Labute approximate surface area is 123 Å². The highest BCUT2D eigenvalue weighted by Crippen LogP contribution is 2.21. The zero-order valence-electron chi connectivity index (χ0n) is 12.4. The van der Waals surface area contributed by atoms with Crippen LogP contribution in [0.1, 0.15) is 29.3 Å². The molecule has 1 aromatic rings. The van der Waals surface area contributed by atoms with Crippen molar-refractivity contribution in [3.05, 3.63) is 29.3 Å². The molecule has 1 unspecified atom stereocenters. The van der Waals surface area contributed by atoms with Crippen LogP contribution in [0.15, 0.2) is 18.2 Å². The number of anilines is 1. The maximum absolute atomic E-state index is 11.9. The molecule has 2 rings (SSSR count). The first-order chi connectivity index (χ1) is 9.93. The number of carbonyl (C=O) groups excluding carboxylic acids is 3. The molecule has 1 saturated heterocycles. The highest BCUT2D eigenvalue weighted by molar-refractivity contribution is 6.06. The standard InChI is InChI=1S/C15H19N3O3/c1-4-16-14(20)10-5-6-11(9(2)7-10)17-12-8-13(19)18(3)15(12)21/h5-7,12,17H,4,8H2,1-3H3,(H,16,20). The van der Waals surface area contributed by atoms with E-state index in [1.165, 1.54) is 7.05 Å². The lowest BCUT2D eigenvalue weighted by Gasteiger charge is -2.15. The van der Waals surface area contributed by atoms with Crippen LogP contribution >= 0.6 is 0 Å². The SMILES string of the molecule is CCNC(=O)c1ccc(NC2CC(=O)N(C)C2=O)c(C)c1. The number of likely N-dealkylation sites (tertiary alicyclic amines) is 1. The van der Waals surface area contributed by atoms with Crippen LogP contribution in [0, 0.1) is 6.92 Å². The number of carbonyl (C=O) groups is 3. The summed E-state index contributed by atoms with van der Waals surface area (Å²) < 4.78 is 0. The van der Waals surface area contributed by atoms with Gasteiger partial charge in [-0.1, -0.05) is 0 Å². The van der Waals surface area contributed by atoms with E-state index in [1.54, 1.807) is 18.2 Å². The molecule has 1 fully saturated rings. The molecule has 0 spiro atoms. The van der Waals surface area contributed by atoms with Crippen LogP contribution in [0.5, 0.6) is 0 Å². The molecule has 0 bridgehead atoms. The fraction of sp³-hybridized carbons (Fsp3) is 0.400. The summed E-state index contributed by atoms with van der Waals surface area (Å²) in [5.74, 6) is -0.541. The van der Waals surface area contributed by atoms with E-state index in [2.05, 4.69) is 10.6 Å². The lowest BCUT2D eigenvalue weighted by Crippen LogP contribution is -2.32. The van der Waals surface area contributed by atoms with Gasteiger partial charge in [-0.25, -0.2) is 0 Å². The average Bonchev–Trinajstić information content (AvgIpc) is 2.69. The lowest BCUT2D eigenvalue weighted by atomic mass is 10.1. The summed E-state index contributed by atoms with van der Waals surface area (Å²) in [6, 6.07) is 4.69. The molecule has 1 heterocycles. The van der Waals surface area contributed by atoms with Gasteiger partial charge in [0, 0.05) is 24.8 Å². The molecule has 1 aliphatic rings. The van der Waals surface area contributed by atoms with Crippen LogP contribution in [0.4, 0.5) is 5.69 Å². The summed E-state index contributed by atoms with van der Waals surface area (Å²) in [4.78, 5) is 36.3. The largest absolute Gasteiger partial charge is 0.373 e. The molecule has 0 aromatic heterocycles. The van der Waals surface area contributed by atoms with Crippen LogP contribution < -0.4 is 10.6 Å². The van der Waals surface area contributed by atoms with Crippen LogP contribution in [-0.2, 0) is 9.59 Å². The Bertz CT molecular complexity index is 598. The second-order valence-corrected chi connectivity index (χ2v) is 5.08. The second kappa shape index (κ2) is 5.95. The minimum Gasteiger partial charge on any atom is -0.373 e. The first-order valence-corrected chi connectivity index (χ1v) is 6.89. The van der Waals surface area contributed by atoms with Crippen LogP contribution in [0.3, 0.4) is 0 Å². The van der Waals surface area contributed by atoms with Gasteiger partial charge in [0.25, 0.3) is 11.8 Å². The van der Waals surface area contributed by atoms with Crippen molar-refractivity contribution < 1.29 is 14.4 Å². The Balaban J connectivity index is 2.13. The maximum Gasteiger partial charge on any atom is 0.251 e. The summed E-state index contributed by atoms with van der Waals surface area (Å²) in [6.07, 6.45) is 0.160. The topological polar surface area (TPSA) is 78.5 Å². The Kier molecular flexibility index (Phi) is 4.26. The number of hydrogen-bond donors (Lipinski definition) is 2. The van der Waals surface area contributed by atoms with Gasteiger partial charge < -0.3 is 10.6 Å². The van der Waals surface area contributed by atoms with Crippen molar-refractivity contribution in [2.45, 2.75) is 26.3 Å². The third kappa shape index (κ3) is 3.04. The highest BCUT2D eigenvalue weighted by Gasteiger charge is 2.36. The molecule has 6 heteroatoms. The molecule has 6 nitrogen and oxygen atoms in total. The monoisotopic (exact) mass is 289 g/mol. The predicted molar refractivity (Wildman–Crippen MR) is 79.0 cm³/mol. The van der Waals surface area contributed by atoms with Gasteiger partial charge in [-0.05, 0) is 37.6 Å². The Morgan fingerprint density at radius 3 is 2.62 bits per heavy atom. The molecule has 1 aliphatic heterocycles. The fourth-order valence-electron chi connectivity index (χ4n) is 2.29. The van der Waals surface area contributed by atoms with E-state index in [0.717, 1.165) is 16.2 Å². The first-order valence-electron chi connectivity index (χ1n) is 6.89. The molecule has 1 atom stereocenters. The summed E-state index contributed by atoms with van der Waals surface area (Å²) >= 11 is 0. The van der Waals surface area contributed by atoms with E-state index < -0.39 is 6.04 Å². The molecule has 2 N–H and O–H groups in total. The summed E-state index contributed by atoms with van der Waals surface area (Å²) in [5.41, 5.74) is 2.18. The van der Waals surface area contributed by atoms with E-state index >= 15 is 0 Å². The minimum atomic E-state index is -0.531. The van der Waals surface area contributed by atoms with Crippen molar-refractivity contribution in [2.75, 3.05) is 18.9 Å². The van der Waals surface area contributed by atoms with Gasteiger partial charge in [0.15, 0.2) is 0 Å². The van der Waals surface area contributed by atoms with Gasteiger partial charge in [0.1, 0.15) is 6.04 Å². The van der Waals surface area contributed by atoms with Gasteiger partial charge in [-0.3, -0.25) is 19.3 Å². The minimum absolute atomic E-state index is 0.126. The smallest absolute Gasteiger partial charge is 0.251 e. The van der Waals surface area contributed by atoms with Crippen LogP contribution in [0.2, 0.25) is 0 Å². The number of benzene rings is 1. The Morgan fingerprint density at radius 2 is 2.10 bits per heavy atom. The van der Waals surface area contributed by atoms with E-state index in [4.69, 9.17) is 0 Å². The van der Waals surface area contributed by atoms with Crippen molar-refractivity contribution in [3.8, 4) is 0 Å². The fourth-order valence-corrected chi connectivity index (χ4v) is 2.29. The number of likely N-dealkylation sites (N-methyl/N-ethyl adjacent to an activating group) is 1. The number of nitrogens with zero attached hydrogens (tertiary/aromatic N) is 1. The number of hydrogen-bond acceptors (Lipinski definition) is 4. The lowest BCUT2D eigenvalue weighted by molar-refractivity contribution is -0.136. The van der Waals surface area contributed by atoms with Crippen molar-refractivity contribution in [1.29, 1.82) is 0 Å². The van der Waals surface area contributed by atoms with Crippen LogP contribution in [0.25, 0.3) is 0 Å². The molecule has 0 saturated carbocycles. The van der Waals surface area contributed by atoms with Crippen LogP contribution in [-0.4, -0.2) is 42.3 Å². The number of imide groups is 1. The van der Waals surface area contributed by atoms with E-state index in [1.807, 2.05) is 13.8 Å². The van der Waals surface area contributed by atoms with Crippen molar-refractivity contribution in [1.82, 2.24) is 10.2 Å². The number of nitrogens with one attached hydrogen (secondary N) is 2. The van der Waals surface area contributed by atoms with Crippen molar-refractivity contribution in [2.24, 2.45) is 0 Å². The van der Waals surface area contributed by atoms with Crippen molar-refractivity contribution in [3.63, 3.8) is 0 Å². The van der Waals surface area contributed by atoms with E-state index in [9.17, 15) is 14.4 Å². The summed E-state index contributed by atoms with van der Waals surface area (Å²) in [5, 5.41) is 5.81. The number of amides is 3. The molecule has 0 aliphatic carbocycles. The molecule has 3 amide bonds. The van der Waals surface area contributed by atoms with Gasteiger partial charge >= 0.3 is 0 Å². The molecule has 112 valence electrons. The van der Waals surface area contributed by atoms with Gasteiger partial charge in [-0.15, -0.1) is 0 Å². The third-order valence-corrected chi connectivity index (χ3v) is 3.54. The third-order valence-electron chi connectivity index (χ3n) is 3.54. The summed E-state index contributed by atoms with van der Waals surface area (Å²) in [7, 11) is 1.48. The number of rotatable bonds is 4. The zero-order valence-corrected chi connectivity index (χ0v) is 12.4. The zero-order chi connectivity index (χ0) is 15.6. The van der Waals surface area contributed by atoms with Gasteiger partial charge in [0.05, 0.1) is 6.42 Å². The van der Waals surface area contributed by atoms with E-state index in [-0.39, 0.29) is 24.1 Å². The molecular formula is C15H19N3O3. The summed E-state index contributed by atoms with van der Waals surface area (Å²) in [6.45, 7) is 4.29. The highest BCUT2D eigenvalue weighted by atomic mass is 16.2. The predicted octanol–water partition coefficient (Wildman–Crippen LogP) is 0.914. The number of aryl methyl sites for hydroxylation is 1.